The summed E-state index contributed by atoms with van der Waals surface area (Å²) in [5, 5.41) is 19.4. The lowest BCUT2D eigenvalue weighted by Crippen LogP contribution is -2.17. The number of aromatic nitrogens is 2. The van der Waals surface area contributed by atoms with E-state index in [0.717, 1.165) is 41.3 Å². The molecule has 4 N–H and O–H groups in total. The van der Waals surface area contributed by atoms with Crippen molar-refractivity contribution < 1.29 is 24.3 Å². The molecule has 9 heteroatoms. The first-order chi connectivity index (χ1) is 15.5. The van der Waals surface area contributed by atoms with Crippen molar-refractivity contribution in [3.63, 3.8) is 0 Å². The molecule has 0 aliphatic rings. The lowest BCUT2D eigenvalue weighted by Gasteiger charge is -2.09. The molecule has 0 spiro atoms. The maximum atomic E-state index is 12.3. The van der Waals surface area contributed by atoms with Gasteiger partial charge >= 0.3 is 0 Å². The zero-order valence-corrected chi connectivity index (χ0v) is 18.2. The van der Waals surface area contributed by atoms with Gasteiger partial charge in [0.1, 0.15) is 11.5 Å². The SMILES string of the molecule is COc1cc(OC)cc(-c2ccc3c(NC(=O)CCCCCCC(=O)NO)n[nH]c3c2)c1. The molecule has 1 aromatic heterocycles. The molecule has 3 rings (SSSR count). The van der Waals surface area contributed by atoms with Crippen LogP contribution in [0, 0.1) is 0 Å². The summed E-state index contributed by atoms with van der Waals surface area (Å²) in [5.41, 5.74) is 4.33. The number of carbonyl (C=O) groups is 2. The largest absolute Gasteiger partial charge is 0.497 e. The number of benzene rings is 2. The second kappa shape index (κ2) is 11.1. The Hall–Kier alpha value is -3.59. The van der Waals surface area contributed by atoms with Crippen molar-refractivity contribution in [2.45, 2.75) is 38.5 Å². The monoisotopic (exact) mass is 440 g/mol. The van der Waals surface area contributed by atoms with Crippen LogP contribution < -0.4 is 20.3 Å². The van der Waals surface area contributed by atoms with Gasteiger partial charge in [0.25, 0.3) is 0 Å². The molecule has 1 heterocycles. The Morgan fingerprint density at radius 3 is 2.19 bits per heavy atom. The molecule has 0 saturated carbocycles. The number of methoxy groups -OCH3 is 2. The molecule has 0 saturated heterocycles. The number of amides is 2. The van der Waals surface area contributed by atoms with Gasteiger partial charge in [0.15, 0.2) is 5.82 Å². The van der Waals surface area contributed by atoms with Crippen LogP contribution in [0.25, 0.3) is 22.0 Å². The average Bonchev–Trinajstić information content (AvgIpc) is 3.22. The molecule has 0 atom stereocenters. The number of hydrogen-bond donors (Lipinski definition) is 4. The van der Waals surface area contributed by atoms with E-state index in [1.807, 2.05) is 36.4 Å². The Morgan fingerprint density at radius 1 is 0.906 bits per heavy atom. The zero-order valence-electron chi connectivity index (χ0n) is 18.2. The molecular formula is C23H28N4O5. The number of rotatable bonds is 11. The Bertz CT molecular complexity index is 1060. The maximum absolute atomic E-state index is 12.3. The lowest BCUT2D eigenvalue weighted by molar-refractivity contribution is -0.129. The minimum absolute atomic E-state index is 0.104. The van der Waals surface area contributed by atoms with E-state index in [4.69, 9.17) is 14.7 Å². The highest BCUT2D eigenvalue weighted by Gasteiger charge is 2.12. The number of hydroxylamine groups is 1. The van der Waals surface area contributed by atoms with Crippen LogP contribution in [0.5, 0.6) is 11.5 Å². The fraction of sp³-hybridized carbons (Fsp3) is 0.348. The molecule has 0 radical (unpaired) electrons. The second-order valence-electron chi connectivity index (χ2n) is 7.43. The molecule has 3 aromatic rings. The number of fused-ring (bicyclic) bond motifs is 1. The maximum Gasteiger partial charge on any atom is 0.243 e. The topological polar surface area (TPSA) is 126 Å². The Labute approximate surface area is 186 Å². The molecule has 0 aliphatic carbocycles. The van der Waals surface area contributed by atoms with Crippen molar-refractivity contribution in [3.8, 4) is 22.6 Å². The van der Waals surface area contributed by atoms with E-state index < -0.39 is 0 Å². The molecule has 0 aliphatic heterocycles. The summed E-state index contributed by atoms with van der Waals surface area (Å²) in [6, 6.07) is 11.5. The third-order valence-electron chi connectivity index (χ3n) is 5.19. The van der Waals surface area contributed by atoms with Gasteiger partial charge in [0.05, 0.1) is 19.7 Å². The van der Waals surface area contributed by atoms with Crippen molar-refractivity contribution >= 4 is 28.5 Å². The van der Waals surface area contributed by atoms with Crippen LogP contribution in [0.15, 0.2) is 36.4 Å². The summed E-state index contributed by atoms with van der Waals surface area (Å²) in [6.45, 7) is 0. The summed E-state index contributed by atoms with van der Waals surface area (Å²) >= 11 is 0. The number of carbonyl (C=O) groups excluding carboxylic acids is 2. The van der Waals surface area contributed by atoms with E-state index in [1.54, 1.807) is 19.7 Å². The van der Waals surface area contributed by atoms with E-state index in [1.165, 1.54) is 0 Å². The predicted molar refractivity (Wildman–Crippen MR) is 121 cm³/mol. The third-order valence-corrected chi connectivity index (χ3v) is 5.19. The predicted octanol–water partition coefficient (Wildman–Crippen LogP) is 4.03. The number of nitrogens with zero attached hydrogens (tertiary/aromatic N) is 1. The molecule has 9 nitrogen and oxygen atoms in total. The summed E-state index contributed by atoms with van der Waals surface area (Å²) in [7, 11) is 3.22. The Kier molecular flexibility index (Phi) is 8.04. The highest BCUT2D eigenvalue weighted by molar-refractivity contribution is 6.00. The van der Waals surface area contributed by atoms with Gasteiger partial charge in [-0.1, -0.05) is 18.9 Å². The molecule has 0 unspecified atom stereocenters. The van der Waals surface area contributed by atoms with Crippen LogP contribution in [0.1, 0.15) is 38.5 Å². The number of anilines is 1. The average molecular weight is 441 g/mol. The first-order valence-corrected chi connectivity index (χ1v) is 10.5. The van der Waals surface area contributed by atoms with Crippen LogP contribution in [0.3, 0.4) is 0 Å². The smallest absolute Gasteiger partial charge is 0.243 e. The van der Waals surface area contributed by atoms with Crippen molar-refractivity contribution in [1.29, 1.82) is 0 Å². The van der Waals surface area contributed by atoms with Gasteiger partial charge in [-0.05, 0) is 48.2 Å². The lowest BCUT2D eigenvalue weighted by atomic mass is 10.0. The standard InChI is InChI=1S/C23H28N4O5/c1-31-17-11-16(12-18(14-17)32-2)15-9-10-19-20(13-15)25-26-23(19)24-21(28)7-5-3-4-6-8-22(29)27-30/h9-14,30H,3-8H2,1-2H3,(H,27,29)(H2,24,25,26,28). The minimum atomic E-state index is -0.387. The van der Waals surface area contributed by atoms with Crippen LogP contribution in [-0.4, -0.2) is 41.4 Å². The highest BCUT2D eigenvalue weighted by Crippen LogP contribution is 2.32. The van der Waals surface area contributed by atoms with Gasteiger partial charge in [-0.15, -0.1) is 0 Å². The van der Waals surface area contributed by atoms with Crippen LogP contribution >= 0.6 is 0 Å². The number of hydrogen-bond acceptors (Lipinski definition) is 6. The van der Waals surface area contributed by atoms with Gasteiger partial charge in [-0.2, -0.15) is 5.10 Å². The van der Waals surface area contributed by atoms with E-state index in [2.05, 4.69) is 15.5 Å². The van der Waals surface area contributed by atoms with Gasteiger partial charge in [-0.25, -0.2) is 5.48 Å². The normalized spacial score (nSPS) is 10.7. The zero-order chi connectivity index (χ0) is 22.9. The third kappa shape index (κ3) is 5.98. The Morgan fingerprint density at radius 2 is 1.56 bits per heavy atom. The molecule has 32 heavy (non-hydrogen) atoms. The van der Waals surface area contributed by atoms with Gasteiger partial charge in [-0.3, -0.25) is 19.9 Å². The number of ether oxygens (including phenoxy) is 2. The van der Waals surface area contributed by atoms with Crippen molar-refractivity contribution in [2.75, 3.05) is 19.5 Å². The minimum Gasteiger partial charge on any atom is -0.497 e. The van der Waals surface area contributed by atoms with Crippen molar-refractivity contribution in [3.05, 3.63) is 36.4 Å². The van der Waals surface area contributed by atoms with E-state index in [-0.39, 0.29) is 18.2 Å². The summed E-state index contributed by atoms with van der Waals surface area (Å²) in [6.07, 6.45) is 3.72. The first kappa shape index (κ1) is 23.1. The Balaban J connectivity index is 1.59. The number of H-pyrrole nitrogens is 1. The molecular weight excluding hydrogens is 412 g/mol. The van der Waals surface area contributed by atoms with Gasteiger partial charge in [0, 0.05) is 24.3 Å². The molecule has 2 aromatic carbocycles. The van der Waals surface area contributed by atoms with E-state index in [9.17, 15) is 9.59 Å². The molecule has 170 valence electrons. The van der Waals surface area contributed by atoms with Crippen LogP contribution in [-0.2, 0) is 9.59 Å². The number of unbranched alkanes of at least 4 members (excludes halogenated alkanes) is 3. The fourth-order valence-corrected chi connectivity index (χ4v) is 3.44. The van der Waals surface area contributed by atoms with E-state index >= 15 is 0 Å². The van der Waals surface area contributed by atoms with Gasteiger partial charge in [0.2, 0.25) is 11.8 Å². The fourth-order valence-electron chi connectivity index (χ4n) is 3.44. The van der Waals surface area contributed by atoms with Crippen molar-refractivity contribution in [1.82, 2.24) is 15.7 Å². The number of aromatic amines is 1. The second-order valence-corrected chi connectivity index (χ2v) is 7.43. The highest BCUT2D eigenvalue weighted by atomic mass is 16.5. The molecule has 0 fully saturated rings. The van der Waals surface area contributed by atoms with E-state index in [0.29, 0.717) is 30.2 Å². The molecule has 2 amide bonds. The summed E-state index contributed by atoms with van der Waals surface area (Å²) < 4.78 is 10.7. The quantitative estimate of drug-likeness (QED) is 0.203. The number of nitrogens with one attached hydrogen (secondary N) is 3. The first-order valence-electron chi connectivity index (χ1n) is 10.5. The summed E-state index contributed by atoms with van der Waals surface area (Å²) in [4.78, 5) is 23.2. The van der Waals surface area contributed by atoms with Crippen LogP contribution in [0.4, 0.5) is 5.82 Å². The van der Waals surface area contributed by atoms with Crippen LogP contribution in [0.2, 0.25) is 0 Å². The van der Waals surface area contributed by atoms with Gasteiger partial charge < -0.3 is 14.8 Å². The summed E-state index contributed by atoms with van der Waals surface area (Å²) in [5.74, 6) is 1.41. The molecule has 0 bridgehead atoms. The van der Waals surface area contributed by atoms with Crippen molar-refractivity contribution in [2.24, 2.45) is 0 Å².